The number of nitrogens with one attached hydrogen (secondary N) is 2. The fourth-order valence-electron chi connectivity index (χ4n) is 2.77. The quantitative estimate of drug-likeness (QED) is 0.761. The Bertz CT molecular complexity index is 542. The van der Waals surface area contributed by atoms with Gasteiger partial charge in [-0.05, 0) is 50.3 Å². The highest BCUT2D eigenvalue weighted by atomic mass is 79.9. The number of halogens is 1. The molecular weight excluding hydrogens is 348 g/mol. The second-order valence-corrected chi connectivity index (χ2v) is 6.70. The minimum atomic E-state index is -0.730. The number of carboxylic acid groups (broad SMARTS) is 1. The molecule has 1 fully saturated rings. The Kier molecular flexibility index (Phi) is 5.83. The van der Waals surface area contributed by atoms with Gasteiger partial charge >= 0.3 is 12.0 Å². The first-order valence-corrected chi connectivity index (χ1v) is 8.30. The van der Waals surface area contributed by atoms with Crippen molar-refractivity contribution < 1.29 is 14.7 Å². The van der Waals surface area contributed by atoms with Crippen molar-refractivity contribution in [2.24, 2.45) is 5.92 Å². The number of carbonyl (C=O) groups excluding carboxylic acids is 1. The summed E-state index contributed by atoms with van der Waals surface area (Å²) < 4.78 is 0.978. The van der Waals surface area contributed by atoms with Crippen molar-refractivity contribution in [2.75, 3.05) is 0 Å². The Morgan fingerprint density at radius 2 is 1.95 bits per heavy atom. The van der Waals surface area contributed by atoms with Crippen LogP contribution in [-0.4, -0.2) is 23.1 Å². The average molecular weight is 369 g/mol. The second kappa shape index (κ2) is 7.63. The Morgan fingerprint density at radius 3 is 2.55 bits per heavy atom. The van der Waals surface area contributed by atoms with Crippen LogP contribution in [-0.2, 0) is 4.79 Å². The molecule has 0 aliphatic heterocycles. The van der Waals surface area contributed by atoms with Gasteiger partial charge in [-0.15, -0.1) is 0 Å². The van der Waals surface area contributed by atoms with Crippen molar-refractivity contribution in [3.63, 3.8) is 0 Å². The summed E-state index contributed by atoms with van der Waals surface area (Å²) in [7, 11) is 0. The van der Waals surface area contributed by atoms with E-state index in [9.17, 15) is 9.59 Å². The number of carboxylic acids is 1. The normalized spacial score (nSPS) is 22.6. The van der Waals surface area contributed by atoms with Crippen LogP contribution in [0.25, 0.3) is 0 Å². The SMILES string of the molecule is CC(NC(=O)NC1CCC(C(=O)O)CC1)c1cccc(Br)c1. The Labute approximate surface area is 138 Å². The monoisotopic (exact) mass is 368 g/mol. The van der Waals surface area contributed by atoms with E-state index in [2.05, 4.69) is 26.6 Å². The molecule has 5 nitrogen and oxygen atoms in total. The molecule has 1 aliphatic carbocycles. The van der Waals surface area contributed by atoms with Gasteiger partial charge < -0.3 is 15.7 Å². The number of aliphatic carboxylic acids is 1. The molecule has 0 spiro atoms. The molecule has 2 rings (SSSR count). The van der Waals surface area contributed by atoms with Gasteiger partial charge in [0.1, 0.15) is 0 Å². The van der Waals surface area contributed by atoms with E-state index in [1.807, 2.05) is 31.2 Å². The van der Waals surface area contributed by atoms with E-state index in [-0.39, 0.29) is 24.0 Å². The molecule has 6 heteroatoms. The zero-order chi connectivity index (χ0) is 16.1. The van der Waals surface area contributed by atoms with Gasteiger partial charge in [-0.25, -0.2) is 4.79 Å². The lowest BCUT2D eigenvalue weighted by molar-refractivity contribution is -0.142. The fourth-order valence-corrected chi connectivity index (χ4v) is 3.18. The highest BCUT2D eigenvalue weighted by molar-refractivity contribution is 9.10. The third-order valence-corrected chi connectivity index (χ3v) is 4.60. The van der Waals surface area contributed by atoms with Gasteiger partial charge in [0.2, 0.25) is 0 Å². The molecule has 3 N–H and O–H groups in total. The van der Waals surface area contributed by atoms with Gasteiger partial charge in [0.15, 0.2) is 0 Å². The molecule has 0 heterocycles. The van der Waals surface area contributed by atoms with Gasteiger partial charge in [-0.1, -0.05) is 28.1 Å². The van der Waals surface area contributed by atoms with E-state index in [1.165, 1.54) is 0 Å². The fraction of sp³-hybridized carbons (Fsp3) is 0.500. The lowest BCUT2D eigenvalue weighted by atomic mass is 9.86. The Balaban J connectivity index is 1.80. The maximum Gasteiger partial charge on any atom is 0.315 e. The summed E-state index contributed by atoms with van der Waals surface area (Å²) in [6.45, 7) is 1.93. The van der Waals surface area contributed by atoms with Crippen LogP contribution in [0.2, 0.25) is 0 Å². The van der Waals surface area contributed by atoms with Crippen LogP contribution in [0.4, 0.5) is 4.79 Å². The maximum absolute atomic E-state index is 12.0. The van der Waals surface area contributed by atoms with Crippen molar-refractivity contribution >= 4 is 27.9 Å². The van der Waals surface area contributed by atoms with Gasteiger partial charge in [-0.2, -0.15) is 0 Å². The molecule has 1 saturated carbocycles. The molecule has 2 amide bonds. The van der Waals surface area contributed by atoms with Crippen molar-refractivity contribution in [1.29, 1.82) is 0 Å². The summed E-state index contributed by atoms with van der Waals surface area (Å²) in [6, 6.07) is 7.58. The predicted octanol–water partition coefficient (Wildman–Crippen LogP) is 3.45. The first-order valence-electron chi connectivity index (χ1n) is 7.51. The number of hydrogen-bond acceptors (Lipinski definition) is 2. The number of amides is 2. The van der Waals surface area contributed by atoms with Crippen molar-refractivity contribution in [3.05, 3.63) is 34.3 Å². The van der Waals surface area contributed by atoms with Crippen LogP contribution in [0.15, 0.2) is 28.7 Å². The lowest BCUT2D eigenvalue weighted by Gasteiger charge is -2.27. The van der Waals surface area contributed by atoms with Gasteiger partial charge in [0, 0.05) is 10.5 Å². The first-order chi connectivity index (χ1) is 10.5. The number of hydrogen-bond donors (Lipinski definition) is 3. The molecule has 0 radical (unpaired) electrons. The van der Waals surface area contributed by atoms with Gasteiger partial charge in [0.25, 0.3) is 0 Å². The molecule has 22 heavy (non-hydrogen) atoms. The van der Waals surface area contributed by atoms with Crippen LogP contribution >= 0.6 is 15.9 Å². The van der Waals surface area contributed by atoms with E-state index >= 15 is 0 Å². The Morgan fingerprint density at radius 1 is 1.27 bits per heavy atom. The Hall–Kier alpha value is -1.56. The predicted molar refractivity (Wildman–Crippen MR) is 87.6 cm³/mol. The van der Waals surface area contributed by atoms with Gasteiger partial charge in [-0.3, -0.25) is 4.79 Å². The smallest absolute Gasteiger partial charge is 0.315 e. The molecule has 1 aromatic carbocycles. The number of carbonyl (C=O) groups is 2. The van der Waals surface area contributed by atoms with Crippen molar-refractivity contribution in [3.8, 4) is 0 Å². The largest absolute Gasteiger partial charge is 0.481 e. The lowest BCUT2D eigenvalue weighted by Crippen LogP contribution is -2.44. The number of urea groups is 1. The molecule has 1 aromatic rings. The second-order valence-electron chi connectivity index (χ2n) is 5.78. The summed E-state index contributed by atoms with van der Waals surface area (Å²) in [6.07, 6.45) is 2.69. The number of benzene rings is 1. The van der Waals surface area contributed by atoms with E-state index in [0.717, 1.165) is 22.9 Å². The molecular formula is C16H21BrN2O3. The molecule has 1 atom stereocenters. The van der Waals surface area contributed by atoms with E-state index in [4.69, 9.17) is 5.11 Å². The molecule has 0 saturated heterocycles. The van der Waals surface area contributed by atoms with Gasteiger partial charge in [0.05, 0.1) is 12.0 Å². The topological polar surface area (TPSA) is 78.4 Å². The van der Waals surface area contributed by atoms with Crippen LogP contribution in [0.5, 0.6) is 0 Å². The third-order valence-electron chi connectivity index (χ3n) is 4.11. The highest BCUT2D eigenvalue weighted by Crippen LogP contribution is 2.24. The molecule has 1 aliphatic rings. The summed E-state index contributed by atoms with van der Waals surface area (Å²) in [4.78, 5) is 23.0. The minimum Gasteiger partial charge on any atom is -0.481 e. The molecule has 0 bridgehead atoms. The molecule has 120 valence electrons. The zero-order valence-corrected chi connectivity index (χ0v) is 14.1. The van der Waals surface area contributed by atoms with E-state index in [1.54, 1.807) is 0 Å². The highest BCUT2D eigenvalue weighted by Gasteiger charge is 2.26. The standard InChI is InChI=1S/C16H21BrN2O3/c1-10(12-3-2-4-13(17)9-12)18-16(22)19-14-7-5-11(6-8-14)15(20)21/h2-4,9-11,14H,5-8H2,1H3,(H,20,21)(H2,18,19,22). The zero-order valence-electron chi connectivity index (χ0n) is 12.5. The van der Waals surface area contributed by atoms with E-state index in [0.29, 0.717) is 12.8 Å². The summed E-state index contributed by atoms with van der Waals surface area (Å²) in [5.74, 6) is -0.993. The van der Waals surface area contributed by atoms with Crippen LogP contribution in [0.3, 0.4) is 0 Å². The third kappa shape index (κ3) is 4.73. The maximum atomic E-state index is 12.0. The number of rotatable bonds is 4. The minimum absolute atomic E-state index is 0.0605. The van der Waals surface area contributed by atoms with Crippen molar-refractivity contribution in [1.82, 2.24) is 10.6 Å². The summed E-state index contributed by atoms with van der Waals surface area (Å²) in [5.41, 5.74) is 1.03. The van der Waals surface area contributed by atoms with Crippen molar-refractivity contribution in [2.45, 2.75) is 44.7 Å². The summed E-state index contributed by atoms with van der Waals surface area (Å²) in [5, 5.41) is 14.8. The van der Waals surface area contributed by atoms with Crippen LogP contribution in [0.1, 0.15) is 44.2 Å². The first kappa shape index (κ1) is 16.8. The van der Waals surface area contributed by atoms with Crippen LogP contribution in [0, 0.1) is 5.92 Å². The molecule has 1 unspecified atom stereocenters. The summed E-state index contributed by atoms with van der Waals surface area (Å²) >= 11 is 3.42. The average Bonchev–Trinajstić information content (AvgIpc) is 2.47. The van der Waals surface area contributed by atoms with E-state index < -0.39 is 5.97 Å². The van der Waals surface area contributed by atoms with Crippen LogP contribution < -0.4 is 10.6 Å². The molecule has 0 aromatic heterocycles.